The Morgan fingerprint density at radius 3 is 1.57 bits per heavy atom. The highest BCUT2D eigenvalue weighted by Crippen LogP contribution is 2.33. The van der Waals surface area contributed by atoms with Crippen LogP contribution < -0.4 is 15.2 Å². The standard InChI is InChI=1S/C42H35Cl2N7O8.ClH/c1-22(2)56-35-11-7-26(15-28(35)18-45)40-48-38(50-58-40)30-9-5-24(13-32(30)43)20-54-37(52)17-34(47)42(53)55-21-25-6-10-31(33(44)14-25)39-49-41(59-51-39)27-8-12-36(57-23(3)4)29(16-27)19-46;/h5-16,22-23,34H,17,20-21,47H2,1-4H3;1H/t34-;/m0./s1. The van der Waals surface area contributed by atoms with Crippen molar-refractivity contribution in [2.45, 2.75) is 65.6 Å². The molecule has 1 atom stereocenters. The number of hydrogen-bond acceptors (Lipinski definition) is 15. The molecule has 308 valence electrons. The summed E-state index contributed by atoms with van der Waals surface area (Å²) in [6.45, 7) is 7.15. The number of hydrogen-bond donors (Lipinski definition) is 1. The van der Waals surface area contributed by atoms with E-state index in [1.54, 1.807) is 72.8 Å². The molecule has 2 aromatic heterocycles. The first-order chi connectivity index (χ1) is 28.3. The van der Waals surface area contributed by atoms with Crippen LogP contribution in [-0.2, 0) is 32.3 Å². The molecule has 6 rings (SSSR count). The van der Waals surface area contributed by atoms with Gasteiger partial charge in [-0.3, -0.25) is 9.59 Å². The number of carbonyl (C=O) groups is 2. The van der Waals surface area contributed by atoms with Gasteiger partial charge in [-0.1, -0.05) is 45.6 Å². The number of rotatable bonds is 15. The number of benzene rings is 4. The van der Waals surface area contributed by atoms with Gasteiger partial charge in [-0.05, 0) is 99.5 Å². The van der Waals surface area contributed by atoms with Crippen LogP contribution in [0.4, 0.5) is 0 Å². The van der Waals surface area contributed by atoms with Crippen molar-refractivity contribution in [3.8, 4) is 69.3 Å². The van der Waals surface area contributed by atoms with Crippen molar-refractivity contribution in [2.24, 2.45) is 5.73 Å². The fourth-order valence-corrected chi connectivity index (χ4v) is 6.10. The maximum absolute atomic E-state index is 12.6. The lowest BCUT2D eigenvalue weighted by Gasteiger charge is -2.12. The molecular formula is C42H36Cl3N7O8. The van der Waals surface area contributed by atoms with Crippen LogP contribution >= 0.6 is 35.6 Å². The van der Waals surface area contributed by atoms with Gasteiger partial charge < -0.3 is 33.7 Å². The maximum Gasteiger partial charge on any atom is 0.323 e. The molecule has 60 heavy (non-hydrogen) atoms. The fraction of sp³-hybridized carbons (Fsp3) is 0.238. The molecule has 4 aromatic carbocycles. The van der Waals surface area contributed by atoms with E-state index in [4.69, 9.17) is 56.9 Å². The first-order valence-corrected chi connectivity index (χ1v) is 18.8. The third-order valence-electron chi connectivity index (χ3n) is 8.29. The molecule has 0 aliphatic rings. The second-order valence-corrected chi connectivity index (χ2v) is 14.3. The van der Waals surface area contributed by atoms with Gasteiger partial charge in [-0.15, -0.1) is 12.4 Å². The van der Waals surface area contributed by atoms with Crippen molar-refractivity contribution in [3.63, 3.8) is 0 Å². The van der Waals surface area contributed by atoms with Crippen molar-refractivity contribution in [1.29, 1.82) is 10.5 Å². The summed E-state index contributed by atoms with van der Waals surface area (Å²) in [5, 5.41) is 27.7. The summed E-state index contributed by atoms with van der Waals surface area (Å²) < 4.78 is 32.9. The topological polar surface area (TPSA) is 222 Å². The average Bonchev–Trinajstić information content (AvgIpc) is 3.90. The molecule has 0 unspecified atom stereocenters. The van der Waals surface area contributed by atoms with Crippen LogP contribution in [0.3, 0.4) is 0 Å². The molecular weight excluding hydrogens is 837 g/mol. The molecule has 6 aromatic rings. The zero-order chi connectivity index (χ0) is 42.2. The van der Waals surface area contributed by atoms with Gasteiger partial charge in [0.25, 0.3) is 11.8 Å². The smallest absolute Gasteiger partial charge is 0.323 e. The molecule has 15 nitrogen and oxygen atoms in total. The van der Waals surface area contributed by atoms with Crippen LogP contribution in [0.25, 0.3) is 45.7 Å². The monoisotopic (exact) mass is 871 g/mol. The zero-order valence-corrected chi connectivity index (χ0v) is 34.8. The van der Waals surface area contributed by atoms with Crippen molar-refractivity contribution < 1.29 is 37.6 Å². The van der Waals surface area contributed by atoms with Crippen LogP contribution in [0.1, 0.15) is 56.4 Å². The Bertz CT molecular complexity index is 2600. The van der Waals surface area contributed by atoms with E-state index in [0.717, 1.165) is 0 Å². The third kappa shape index (κ3) is 11.0. The van der Waals surface area contributed by atoms with E-state index in [2.05, 4.69) is 32.4 Å². The Hall–Kier alpha value is -6.49. The van der Waals surface area contributed by atoms with Crippen LogP contribution in [0.2, 0.25) is 10.0 Å². The van der Waals surface area contributed by atoms with Gasteiger partial charge in [-0.25, -0.2) is 0 Å². The lowest BCUT2D eigenvalue weighted by atomic mass is 10.1. The van der Waals surface area contributed by atoms with Crippen LogP contribution in [0.5, 0.6) is 11.5 Å². The van der Waals surface area contributed by atoms with E-state index in [1.807, 2.05) is 27.7 Å². The van der Waals surface area contributed by atoms with E-state index in [9.17, 15) is 20.1 Å². The molecule has 0 fully saturated rings. The molecule has 0 saturated heterocycles. The van der Waals surface area contributed by atoms with Gasteiger partial charge in [0.15, 0.2) is 0 Å². The van der Waals surface area contributed by atoms with Gasteiger partial charge in [0, 0.05) is 22.3 Å². The minimum atomic E-state index is -1.29. The van der Waals surface area contributed by atoms with Gasteiger partial charge >= 0.3 is 11.9 Å². The molecule has 2 heterocycles. The van der Waals surface area contributed by atoms with Gasteiger partial charge in [-0.2, -0.15) is 20.5 Å². The molecule has 0 amide bonds. The highest BCUT2D eigenvalue weighted by molar-refractivity contribution is 6.33. The first-order valence-electron chi connectivity index (χ1n) is 18.1. The highest BCUT2D eigenvalue weighted by Gasteiger charge is 2.22. The number of carbonyl (C=O) groups excluding carboxylic acids is 2. The summed E-state index contributed by atoms with van der Waals surface area (Å²) in [6, 6.07) is 22.7. The second kappa shape index (κ2) is 20.0. The predicted octanol–water partition coefficient (Wildman–Crippen LogP) is 8.67. The third-order valence-corrected chi connectivity index (χ3v) is 8.92. The Labute approximate surface area is 360 Å². The number of ether oxygens (including phenoxy) is 4. The second-order valence-electron chi connectivity index (χ2n) is 13.5. The summed E-state index contributed by atoms with van der Waals surface area (Å²) in [4.78, 5) is 34.1. The molecule has 0 saturated carbocycles. The van der Waals surface area contributed by atoms with Crippen molar-refractivity contribution in [1.82, 2.24) is 20.3 Å². The number of aromatic nitrogens is 4. The number of nitriles is 2. The van der Waals surface area contributed by atoms with E-state index in [1.165, 1.54) is 0 Å². The molecule has 2 N–H and O–H groups in total. The maximum atomic E-state index is 12.6. The lowest BCUT2D eigenvalue weighted by molar-refractivity contribution is -0.153. The van der Waals surface area contributed by atoms with Crippen LogP contribution in [0.15, 0.2) is 81.8 Å². The van der Waals surface area contributed by atoms with E-state index in [0.29, 0.717) is 56.0 Å². The van der Waals surface area contributed by atoms with Gasteiger partial charge in [0.2, 0.25) is 11.6 Å². The van der Waals surface area contributed by atoms with Gasteiger partial charge in [0.1, 0.15) is 42.9 Å². The Morgan fingerprint density at radius 2 is 1.15 bits per heavy atom. The lowest BCUT2D eigenvalue weighted by Crippen LogP contribution is -2.35. The number of esters is 2. The van der Waals surface area contributed by atoms with E-state index < -0.39 is 24.4 Å². The number of nitrogens with two attached hydrogens (primary N) is 1. The van der Waals surface area contributed by atoms with Gasteiger partial charge in [0.05, 0.1) is 39.8 Å². The normalized spacial score (nSPS) is 11.3. The quantitative estimate of drug-likeness (QED) is 0.0953. The number of halogens is 3. The molecule has 0 spiro atoms. The largest absolute Gasteiger partial charge is 0.490 e. The number of nitrogens with zero attached hydrogens (tertiary/aromatic N) is 6. The van der Waals surface area contributed by atoms with E-state index >= 15 is 0 Å². The molecule has 0 bridgehead atoms. The summed E-state index contributed by atoms with van der Waals surface area (Å²) >= 11 is 13.1. The molecule has 18 heteroatoms. The minimum Gasteiger partial charge on any atom is -0.490 e. The van der Waals surface area contributed by atoms with Crippen molar-refractivity contribution in [2.75, 3.05) is 0 Å². The average molecular weight is 873 g/mol. The molecule has 0 radical (unpaired) electrons. The predicted molar refractivity (Wildman–Crippen MR) is 221 cm³/mol. The molecule has 0 aliphatic carbocycles. The van der Waals surface area contributed by atoms with Crippen molar-refractivity contribution in [3.05, 3.63) is 105 Å². The Balaban J connectivity index is 0.00000683. The van der Waals surface area contributed by atoms with Crippen molar-refractivity contribution >= 4 is 47.5 Å². The van der Waals surface area contributed by atoms with E-state index in [-0.39, 0.29) is 71.3 Å². The van der Waals surface area contributed by atoms with Crippen LogP contribution in [0, 0.1) is 22.7 Å². The van der Waals surface area contributed by atoms with Crippen LogP contribution in [-0.4, -0.2) is 50.5 Å². The minimum absolute atomic E-state index is 0. The summed E-state index contributed by atoms with van der Waals surface area (Å²) in [5.74, 6) is 0.137. The Kier molecular flexibility index (Phi) is 14.9. The first kappa shape index (κ1) is 44.6. The zero-order valence-electron chi connectivity index (χ0n) is 32.5. The fourth-order valence-electron chi connectivity index (χ4n) is 5.52. The highest BCUT2D eigenvalue weighted by atomic mass is 35.5. The summed E-state index contributed by atoms with van der Waals surface area (Å²) in [6.07, 6.45) is -0.641. The molecule has 0 aliphatic heterocycles. The summed E-state index contributed by atoms with van der Waals surface area (Å²) in [7, 11) is 0. The Morgan fingerprint density at radius 1 is 0.700 bits per heavy atom. The SMILES string of the molecule is CC(C)Oc1ccc(-c2nc(-c3ccc(COC(=O)C[C@H](N)C(=O)OCc4ccc(-c5noc(-c6ccc(OC(C)C)c(C#N)c6)n5)c(Cl)c4)cc3Cl)no2)cc1C#N.Cl. The summed E-state index contributed by atoms with van der Waals surface area (Å²) in [5.41, 5.74) is 9.69.